The molecule has 1 aromatic rings. The summed E-state index contributed by atoms with van der Waals surface area (Å²) in [5.41, 5.74) is 6.07. The summed E-state index contributed by atoms with van der Waals surface area (Å²) in [6.07, 6.45) is 1.94. The third-order valence-corrected chi connectivity index (χ3v) is 3.70. The number of carbonyl (C=O) groups is 1. The van der Waals surface area contributed by atoms with E-state index in [4.69, 9.17) is 5.73 Å². The van der Waals surface area contributed by atoms with Crippen LogP contribution in [0.1, 0.15) is 25.3 Å². The van der Waals surface area contributed by atoms with Crippen molar-refractivity contribution < 1.29 is 15.0 Å². The van der Waals surface area contributed by atoms with Crippen LogP contribution in [0.5, 0.6) is 5.75 Å². The number of hydrogen-bond acceptors (Lipinski definition) is 4. The average molecular weight is 278 g/mol. The summed E-state index contributed by atoms with van der Waals surface area (Å²) in [6, 6.07) is 6.06. The number of amides is 1. The molecule has 0 radical (unpaired) electrons. The van der Waals surface area contributed by atoms with E-state index in [0.717, 1.165) is 12.0 Å². The molecule has 1 saturated heterocycles. The zero-order valence-electron chi connectivity index (χ0n) is 11.7. The standard InChI is InChI=1S/C15H22N2O3/c1-15(20)7-2-8-17(10-15)14(19)13(16)9-11-3-5-12(18)6-4-11/h3-6,13,18,20H,2,7-10,16H2,1H3/t13-,15?/m0/s1. The minimum atomic E-state index is -0.813. The van der Waals surface area contributed by atoms with E-state index in [2.05, 4.69) is 0 Å². The number of phenolic OH excluding ortho intramolecular Hbond substituents is 1. The maximum Gasteiger partial charge on any atom is 0.239 e. The van der Waals surface area contributed by atoms with E-state index >= 15 is 0 Å². The molecule has 0 bridgehead atoms. The third-order valence-electron chi connectivity index (χ3n) is 3.70. The van der Waals surface area contributed by atoms with E-state index < -0.39 is 11.6 Å². The minimum Gasteiger partial charge on any atom is -0.508 e. The number of β-amino-alcohol motifs (C(OH)–C–C–N with tert-alkyl or cyclic N) is 1. The number of nitrogens with zero attached hydrogens (tertiary/aromatic N) is 1. The molecular weight excluding hydrogens is 256 g/mol. The maximum atomic E-state index is 12.3. The molecule has 1 aliphatic rings. The first-order valence-electron chi connectivity index (χ1n) is 6.92. The summed E-state index contributed by atoms with van der Waals surface area (Å²) < 4.78 is 0. The Kier molecular flexibility index (Phi) is 4.30. The highest BCUT2D eigenvalue weighted by Gasteiger charge is 2.32. The highest BCUT2D eigenvalue weighted by molar-refractivity contribution is 5.82. The predicted octanol–water partition coefficient (Wildman–Crippen LogP) is 0.635. The fourth-order valence-corrected chi connectivity index (χ4v) is 2.62. The fourth-order valence-electron chi connectivity index (χ4n) is 2.62. The van der Waals surface area contributed by atoms with Crippen molar-refractivity contribution in [3.8, 4) is 5.75 Å². The lowest BCUT2D eigenvalue weighted by Crippen LogP contribution is -2.53. The molecule has 0 aromatic heterocycles. The molecule has 0 aliphatic carbocycles. The molecule has 5 heteroatoms. The first kappa shape index (κ1) is 14.8. The zero-order valence-corrected chi connectivity index (χ0v) is 11.7. The number of phenols is 1. The monoisotopic (exact) mass is 278 g/mol. The predicted molar refractivity (Wildman–Crippen MR) is 76.2 cm³/mol. The molecule has 0 saturated carbocycles. The normalized spacial score (nSPS) is 24.4. The Morgan fingerprint density at radius 2 is 2.10 bits per heavy atom. The SMILES string of the molecule is CC1(O)CCCN(C(=O)[C@@H](N)Cc2ccc(O)cc2)C1. The Morgan fingerprint density at radius 1 is 1.45 bits per heavy atom. The molecule has 1 unspecified atom stereocenters. The molecule has 1 fully saturated rings. The van der Waals surface area contributed by atoms with Gasteiger partial charge in [0.2, 0.25) is 5.91 Å². The number of likely N-dealkylation sites (tertiary alicyclic amines) is 1. The number of rotatable bonds is 3. The van der Waals surface area contributed by atoms with Crippen LogP contribution in [0, 0.1) is 0 Å². The van der Waals surface area contributed by atoms with E-state index in [1.54, 1.807) is 36.1 Å². The molecule has 4 N–H and O–H groups in total. The molecule has 20 heavy (non-hydrogen) atoms. The van der Waals surface area contributed by atoms with E-state index in [1.807, 2.05) is 0 Å². The molecule has 0 spiro atoms. The summed E-state index contributed by atoms with van der Waals surface area (Å²) >= 11 is 0. The van der Waals surface area contributed by atoms with Crippen molar-refractivity contribution in [1.29, 1.82) is 0 Å². The third kappa shape index (κ3) is 3.71. The van der Waals surface area contributed by atoms with E-state index in [1.165, 1.54) is 0 Å². The largest absolute Gasteiger partial charge is 0.508 e. The van der Waals surface area contributed by atoms with Crippen LogP contribution in [0.4, 0.5) is 0 Å². The number of aliphatic hydroxyl groups is 1. The van der Waals surface area contributed by atoms with Gasteiger partial charge in [-0.25, -0.2) is 0 Å². The van der Waals surface area contributed by atoms with Crippen LogP contribution < -0.4 is 5.73 Å². The van der Waals surface area contributed by atoms with E-state index in [0.29, 0.717) is 25.9 Å². The summed E-state index contributed by atoms with van der Waals surface area (Å²) in [6.45, 7) is 2.74. The average Bonchev–Trinajstić information content (AvgIpc) is 2.39. The zero-order chi connectivity index (χ0) is 14.8. The molecular formula is C15H22N2O3. The lowest BCUT2D eigenvalue weighted by molar-refractivity contribution is -0.138. The van der Waals surface area contributed by atoms with Crippen LogP contribution in [0.15, 0.2) is 24.3 Å². The van der Waals surface area contributed by atoms with Crippen molar-refractivity contribution in [2.75, 3.05) is 13.1 Å². The van der Waals surface area contributed by atoms with Crippen LogP contribution in [-0.4, -0.2) is 45.8 Å². The van der Waals surface area contributed by atoms with Crippen LogP contribution in [0.2, 0.25) is 0 Å². The number of nitrogens with two attached hydrogens (primary N) is 1. The fraction of sp³-hybridized carbons (Fsp3) is 0.533. The molecule has 2 rings (SSSR count). The van der Waals surface area contributed by atoms with Crippen LogP contribution in [0.25, 0.3) is 0 Å². The molecule has 110 valence electrons. The van der Waals surface area contributed by atoms with Gasteiger partial charge in [0.1, 0.15) is 5.75 Å². The van der Waals surface area contributed by atoms with Gasteiger partial charge in [-0.2, -0.15) is 0 Å². The second kappa shape index (κ2) is 5.81. The molecule has 5 nitrogen and oxygen atoms in total. The van der Waals surface area contributed by atoms with Gasteiger partial charge < -0.3 is 20.8 Å². The second-order valence-electron chi connectivity index (χ2n) is 5.84. The first-order chi connectivity index (χ1) is 9.37. The quantitative estimate of drug-likeness (QED) is 0.757. The Bertz CT molecular complexity index is 471. The highest BCUT2D eigenvalue weighted by Crippen LogP contribution is 2.21. The van der Waals surface area contributed by atoms with Gasteiger partial charge in [-0.3, -0.25) is 4.79 Å². The summed E-state index contributed by atoms with van der Waals surface area (Å²) in [4.78, 5) is 13.9. The Labute approximate surface area is 119 Å². The summed E-state index contributed by atoms with van der Waals surface area (Å²) in [7, 11) is 0. The smallest absolute Gasteiger partial charge is 0.239 e. The van der Waals surface area contributed by atoms with Gasteiger partial charge in [-0.15, -0.1) is 0 Å². The van der Waals surface area contributed by atoms with Crippen molar-refractivity contribution >= 4 is 5.91 Å². The van der Waals surface area contributed by atoms with Gasteiger partial charge in [0.25, 0.3) is 0 Å². The van der Waals surface area contributed by atoms with E-state index in [-0.39, 0.29) is 11.7 Å². The highest BCUT2D eigenvalue weighted by atomic mass is 16.3. The summed E-state index contributed by atoms with van der Waals surface area (Å²) in [5, 5.41) is 19.3. The van der Waals surface area contributed by atoms with Crippen molar-refractivity contribution in [2.24, 2.45) is 5.73 Å². The molecule has 1 heterocycles. The lowest BCUT2D eigenvalue weighted by atomic mass is 9.94. The number of piperidine rings is 1. The second-order valence-corrected chi connectivity index (χ2v) is 5.84. The van der Waals surface area contributed by atoms with Gasteiger partial charge >= 0.3 is 0 Å². The number of aromatic hydroxyl groups is 1. The topological polar surface area (TPSA) is 86.8 Å². The Morgan fingerprint density at radius 3 is 2.70 bits per heavy atom. The Hall–Kier alpha value is -1.59. The van der Waals surface area contributed by atoms with Gasteiger partial charge in [0.15, 0.2) is 0 Å². The van der Waals surface area contributed by atoms with Crippen LogP contribution in [0.3, 0.4) is 0 Å². The van der Waals surface area contributed by atoms with Gasteiger partial charge in [0.05, 0.1) is 11.6 Å². The first-order valence-corrected chi connectivity index (χ1v) is 6.92. The molecule has 2 atom stereocenters. The van der Waals surface area contributed by atoms with Crippen molar-refractivity contribution in [1.82, 2.24) is 4.90 Å². The molecule has 1 aromatic carbocycles. The lowest BCUT2D eigenvalue weighted by Gasteiger charge is -2.37. The number of benzene rings is 1. The maximum absolute atomic E-state index is 12.3. The Balaban J connectivity index is 1.96. The van der Waals surface area contributed by atoms with Crippen molar-refractivity contribution in [3.63, 3.8) is 0 Å². The van der Waals surface area contributed by atoms with Crippen molar-refractivity contribution in [2.45, 2.75) is 37.8 Å². The summed E-state index contributed by atoms with van der Waals surface area (Å²) in [5.74, 6) is 0.0683. The minimum absolute atomic E-state index is 0.127. The molecule has 1 amide bonds. The van der Waals surface area contributed by atoms with Gasteiger partial charge in [-0.05, 0) is 43.9 Å². The van der Waals surface area contributed by atoms with Crippen molar-refractivity contribution in [3.05, 3.63) is 29.8 Å². The van der Waals surface area contributed by atoms with Crippen LogP contribution in [-0.2, 0) is 11.2 Å². The van der Waals surface area contributed by atoms with E-state index in [9.17, 15) is 15.0 Å². The van der Waals surface area contributed by atoms with Gasteiger partial charge in [-0.1, -0.05) is 12.1 Å². The molecule has 1 aliphatic heterocycles. The van der Waals surface area contributed by atoms with Gasteiger partial charge in [0, 0.05) is 13.1 Å². The van der Waals surface area contributed by atoms with Crippen LogP contribution >= 0.6 is 0 Å². The number of hydrogen-bond donors (Lipinski definition) is 3. The number of carbonyl (C=O) groups excluding carboxylic acids is 1.